The molecule has 2 aromatic carbocycles. The Kier molecular flexibility index (Phi) is 4.74. The van der Waals surface area contributed by atoms with Gasteiger partial charge in [0.15, 0.2) is 16.3 Å². The van der Waals surface area contributed by atoms with Crippen LogP contribution in [0.5, 0.6) is 11.5 Å². The number of amides is 1. The quantitative estimate of drug-likeness (QED) is 0.684. The van der Waals surface area contributed by atoms with Crippen LogP contribution in [0.4, 0.5) is 0 Å². The highest BCUT2D eigenvalue weighted by molar-refractivity contribution is 7.98. The van der Waals surface area contributed by atoms with Crippen LogP contribution < -0.4 is 14.3 Å². The van der Waals surface area contributed by atoms with E-state index in [1.54, 1.807) is 11.8 Å². The number of ether oxygens (including phenoxy) is 2. The highest BCUT2D eigenvalue weighted by Gasteiger charge is 2.18. The largest absolute Gasteiger partial charge is 0.454 e. The second-order valence-corrected chi connectivity index (χ2v) is 7.98. The average Bonchev–Trinajstić information content (AvgIpc) is 3.22. The summed E-state index contributed by atoms with van der Waals surface area (Å²) in [6.07, 6.45) is 2.07. The second kappa shape index (κ2) is 7.17. The van der Waals surface area contributed by atoms with E-state index in [1.807, 2.05) is 43.3 Å². The number of hydrogen-bond donors (Lipinski definition) is 0. The maximum atomic E-state index is 12.6. The van der Waals surface area contributed by atoms with Gasteiger partial charge in [0.05, 0.1) is 10.2 Å². The Morgan fingerprint density at radius 3 is 2.69 bits per heavy atom. The van der Waals surface area contributed by atoms with Crippen molar-refractivity contribution in [3.63, 3.8) is 0 Å². The summed E-state index contributed by atoms with van der Waals surface area (Å²) in [5.41, 5.74) is 2.73. The molecule has 0 aliphatic carbocycles. The highest BCUT2D eigenvalue weighted by atomic mass is 32.2. The molecule has 0 bridgehead atoms. The average molecular weight is 386 g/mol. The SMILES string of the molecule is CSCCn1c(=NC(=O)c2ccc(C)cc2)sc2cc3c(cc21)OCO3. The van der Waals surface area contributed by atoms with Gasteiger partial charge in [-0.2, -0.15) is 16.8 Å². The molecule has 0 spiro atoms. The third-order valence-electron chi connectivity index (χ3n) is 4.19. The molecule has 0 N–H and O–H groups in total. The van der Waals surface area contributed by atoms with Crippen molar-refractivity contribution >= 4 is 39.2 Å². The molecule has 0 unspecified atom stereocenters. The minimum Gasteiger partial charge on any atom is -0.454 e. The van der Waals surface area contributed by atoms with Crippen molar-refractivity contribution in [3.05, 3.63) is 52.3 Å². The van der Waals surface area contributed by atoms with Crippen LogP contribution >= 0.6 is 23.1 Å². The summed E-state index contributed by atoms with van der Waals surface area (Å²) >= 11 is 3.26. The first-order valence-electron chi connectivity index (χ1n) is 8.23. The van der Waals surface area contributed by atoms with Gasteiger partial charge in [-0.25, -0.2) is 0 Å². The Hall–Kier alpha value is -2.25. The van der Waals surface area contributed by atoms with Crippen molar-refractivity contribution in [2.75, 3.05) is 18.8 Å². The zero-order valence-corrected chi connectivity index (χ0v) is 16.2. The molecule has 4 rings (SSSR count). The van der Waals surface area contributed by atoms with E-state index in [4.69, 9.17) is 9.47 Å². The van der Waals surface area contributed by atoms with Gasteiger partial charge in [-0.1, -0.05) is 29.0 Å². The second-order valence-electron chi connectivity index (χ2n) is 5.99. The van der Waals surface area contributed by atoms with Gasteiger partial charge in [0, 0.05) is 30.0 Å². The van der Waals surface area contributed by atoms with E-state index in [9.17, 15) is 4.79 Å². The predicted molar refractivity (Wildman–Crippen MR) is 105 cm³/mol. The third kappa shape index (κ3) is 3.24. The highest BCUT2D eigenvalue weighted by Crippen LogP contribution is 2.37. The van der Waals surface area contributed by atoms with Crippen molar-refractivity contribution in [2.24, 2.45) is 4.99 Å². The number of fused-ring (bicyclic) bond motifs is 2. The number of aryl methyl sites for hydroxylation is 2. The molecular formula is C19H18N2O3S2. The van der Waals surface area contributed by atoms with E-state index in [-0.39, 0.29) is 12.7 Å². The fraction of sp³-hybridized carbons (Fsp3) is 0.263. The zero-order valence-electron chi connectivity index (χ0n) is 14.5. The molecule has 1 aliphatic heterocycles. The summed E-state index contributed by atoms with van der Waals surface area (Å²) < 4.78 is 14.1. The van der Waals surface area contributed by atoms with Gasteiger partial charge in [-0.15, -0.1) is 0 Å². The summed E-state index contributed by atoms with van der Waals surface area (Å²) in [4.78, 5) is 17.7. The lowest BCUT2D eigenvalue weighted by atomic mass is 10.1. The maximum absolute atomic E-state index is 12.6. The minimum atomic E-state index is -0.227. The molecule has 0 radical (unpaired) electrons. The summed E-state index contributed by atoms with van der Waals surface area (Å²) in [5, 5.41) is 0. The molecule has 3 aromatic rings. The molecule has 7 heteroatoms. The number of benzene rings is 2. The topological polar surface area (TPSA) is 52.8 Å². The van der Waals surface area contributed by atoms with Crippen LogP contribution in [0.3, 0.4) is 0 Å². The summed E-state index contributed by atoms with van der Waals surface area (Å²) in [6, 6.07) is 11.4. The molecule has 0 saturated heterocycles. The number of aromatic nitrogens is 1. The number of nitrogens with zero attached hydrogens (tertiary/aromatic N) is 2. The molecule has 5 nitrogen and oxygen atoms in total. The van der Waals surface area contributed by atoms with E-state index < -0.39 is 0 Å². The van der Waals surface area contributed by atoms with Crippen LogP contribution in [0.15, 0.2) is 41.4 Å². The predicted octanol–water partition coefficient (Wildman–Crippen LogP) is 3.84. The van der Waals surface area contributed by atoms with E-state index >= 15 is 0 Å². The van der Waals surface area contributed by atoms with Crippen molar-refractivity contribution in [1.29, 1.82) is 0 Å². The molecule has 0 saturated carbocycles. The van der Waals surface area contributed by atoms with Gasteiger partial charge in [0.1, 0.15) is 0 Å². The fourth-order valence-corrected chi connectivity index (χ4v) is 4.22. The van der Waals surface area contributed by atoms with Crippen molar-refractivity contribution < 1.29 is 14.3 Å². The Balaban J connectivity index is 1.82. The molecule has 1 amide bonds. The number of rotatable bonds is 4. The van der Waals surface area contributed by atoms with Gasteiger partial charge < -0.3 is 14.0 Å². The van der Waals surface area contributed by atoms with Crippen LogP contribution in [0.1, 0.15) is 15.9 Å². The number of carbonyl (C=O) groups is 1. The molecular weight excluding hydrogens is 368 g/mol. The zero-order chi connectivity index (χ0) is 18.1. The molecule has 0 atom stereocenters. The van der Waals surface area contributed by atoms with Crippen molar-refractivity contribution in [2.45, 2.75) is 13.5 Å². The number of thiazole rings is 1. The van der Waals surface area contributed by atoms with Gasteiger partial charge >= 0.3 is 0 Å². The minimum absolute atomic E-state index is 0.227. The van der Waals surface area contributed by atoms with Crippen LogP contribution in [0.2, 0.25) is 0 Å². The number of carbonyl (C=O) groups excluding carboxylic acids is 1. The Morgan fingerprint density at radius 1 is 1.23 bits per heavy atom. The number of hydrogen-bond acceptors (Lipinski definition) is 5. The van der Waals surface area contributed by atoms with Gasteiger partial charge in [0.2, 0.25) is 6.79 Å². The molecule has 134 valence electrons. The Labute approximate surface area is 159 Å². The molecule has 0 fully saturated rings. The first kappa shape index (κ1) is 17.2. The first-order valence-corrected chi connectivity index (χ1v) is 10.4. The molecule has 1 aliphatic rings. The van der Waals surface area contributed by atoms with Crippen LogP contribution in [0, 0.1) is 6.92 Å². The van der Waals surface area contributed by atoms with Crippen LogP contribution in [-0.4, -0.2) is 29.3 Å². The monoisotopic (exact) mass is 386 g/mol. The summed E-state index contributed by atoms with van der Waals surface area (Å²) in [5.74, 6) is 2.19. The summed E-state index contributed by atoms with van der Waals surface area (Å²) in [6.45, 7) is 3.03. The van der Waals surface area contributed by atoms with E-state index in [1.165, 1.54) is 11.3 Å². The number of thioether (sulfide) groups is 1. The van der Waals surface area contributed by atoms with E-state index in [0.717, 1.165) is 39.6 Å². The fourth-order valence-electron chi connectivity index (χ4n) is 2.79. The lowest BCUT2D eigenvalue weighted by molar-refractivity contribution is 0.0998. The molecule has 1 aromatic heterocycles. The summed E-state index contributed by atoms with van der Waals surface area (Å²) in [7, 11) is 0. The Morgan fingerprint density at radius 2 is 1.96 bits per heavy atom. The molecule has 26 heavy (non-hydrogen) atoms. The Bertz CT molecular complexity index is 1040. The van der Waals surface area contributed by atoms with Crippen molar-refractivity contribution in [1.82, 2.24) is 4.57 Å². The van der Waals surface area contributed by atoms with Crippen molar-refractivity contribution in [3.8, 4) is 11.5 Å². The third-order valence-corrected chi connectivity index (χ3v) is 5.82. The lowest BCUT2D eigenvalue weighted by Crippen LogP contribution is -2.18. The van der Waals surface area contributed by atoms with Gasteiger partial charge in [-0.05, 0) is 25.3 Å². The maximum Gasteiger partial charge on any atom is 0.279 e. The van der Waals surface area contributed by atoms with Crippen LogP contribution in [-0.2, 0) is 6.54 Å². The lowest BCUT2D eigenvalue weighted by Gasteiger charge is -2.04. The normalized spacial score (nSPS) is 13.5. The van der Waals surface area contributed by atoms with Gasteiger partial charge in [-0.3, -0.25) is 4.79 Å². The van der Waals surface area contributed by atoms with E-state index in [0.29, 0.717) is 10.4 Å². The van der Waals surface area contributed by atoms with Gasteiger partial charge in [0.25, 0.3) is 5.91 Å². The van der Waals surface area contributed by atoms with Crippen LogP contribution in [0.25, 0.3) is 10.2 Å². The van der Waals surface area contributed by atoms with E-state index in [2.05, 4.69) is 15.8 Å². The standard InChI is InChI=1S/C19H18N2O3S2/c1-12-3-5-13(6-4-12)18(22)20-19-21(7-8-25-2)14-9-15-16(24-11-23-15)10-17(14)26-19/h3-6,9-10H,7-8,11H2,1-2H3. The molecule has 2 heterocycles. The first-order chi connectivity index (χ1) is 12.7. The smallest absolute Gasteiger partial charge is 0.279 e.